The molecule has 1 amide bonds. The molecule has 0 unspecified atom stereocenters. The van der Waals surface area contributed by atoms with Crippen molar-refractivity contribution in [1.82, 2.24) is 5.32 Å². The fraction of sp³-hybridized carbons (Fsp3) is 0.600. The van der Waals surface area contributed by atoms with Gasteiger partial charge in [-0.1, -0.05) is 33.1 Å². The van der Waals surface area contributed by atoms with Gasteiger partial charge in [0.25, 0.3) is 5.91 Å². The second kappa shape index (κ2) is 9.31. The Kier molecular flexibility index (Phi) is 7.12. The second-order valence-corrected chi connectivity index (χ2v) is 6.57. The summed E-state index contributed by atoms with van der Waals surface area (Å²) < 4.78 is 11.4. The number of rotatable bonds is 8. The number of nitrogens with zero attached hydrogens (tertiary/aromatic N) is 1. The summed E-state index contributed by atoms with van der Waals surface area (Å²) in [6.45, 7) is 5.24. The van der Waals surface area contributed by atoms with Gasteiger partial charge in [-0.05, 0) is 43.9 Å². The Hall–Kier alpha value is -2.22. The zero-order chi connectivity index (χ0) is 18.1. The van der Waals surface area contributed by atoms with E-state index in [9.17, 15) is 10.1 Å². The molecule has 2 rings (SSSR count). The summed E-state index contributed by atoms with van der Waals surface area (Å²) in [5.74, 6) is 1.00. The molecule has 5 nitrogen and oxygen atoms in total. The molecule has 0 aliphatic heterocycles. The number of nitrogens with one attached hydrogen (secondary N) is 1. The zero-order valence-corrected chi connectivity index (χ0v) is 15.3. The van der Waals surface area contributed by atoms with E-state index in [1.165, 1.54) is 0 Å². The van der Waals surface area contributed by atoms with Crippen LogP contribution in [0.25, 0.3) is 0 Å². The minimum atomic E-state index is -0.739. The molecular weight excluding hydrogens is 316 g/mol. The maximum absolute atomic E-state index is 12.7. The largest absolute Gasteiger partial charge is 0.490 e. The number of carbonyl (C=O) groups is 1. The first-order chi connectivity index (χ1) is 12.1. The third-order valence-corrected chi connectivity index (χ3v) is 4.40. The quantitative estimate of drug-likeness (QED) is 0.766. The predicted molar refractivity (Wildman–Crippen MR) is 96.9 cm³/mol. The lowest BCUT2D eigenvalue weighted by Crippen LogP contribution is -2.48. The first kappa shape index (κ1) is 19.1. The van der Waals surface area contributed by atoms with Crippen molar-refractivity contribution in [3.05, 3.63) is 23.8 Å². The van der Waals surface area contributed by atoms with Gasteiger partial charge in [0.05, 0.1) is 19.3 Å². The number of nitriles is 1. The molecule has 0 saturated heterocycles. The third kappa shape index (κ3) is 5.12. The van der Waals surface area contributed by atoms with Gasteiger partial charge in [-0.2, -0.15) is 5.26 Å². The van der Waals surface area contributed by atoms with E-state index in [-0.39, 0.29) is 5.91 Å². The van der Waals surface area contributed by atoms with Gasteiger partial charge in [-0.15, -0.1) is 0 Å². The molecule has 25 heavy (non-hydrogen) atoms. The normalized spacial score (nSPS) is 15.9. The third-order valence-electron chi connectivity index (χ3n) is 4.40. The van der Waals surface area contributed by atoms with Crippen LogP contribution >= 0.6 is 0 Å². The van der Waals surface area contributed by atoms with Crippen LogP contribution in [0.5, 0.6) is 11.5 Å². The molecule has 1 aliphatic carbocycles. The number of hydrogen-bond acceptors (Lipinski definition) is 4. The maximum Gasteiger partial charge on any atom is 0.252 e. The highest BCUT2D eigenvalue weighted by atomic mass is 16.5. The molecule has 1 N–H and O–H groups in total. The first-order valence-electron chi connectivity index (χ1n) is 9.27. The molecule has 1 fully saturated rings. The lowest BCUT2D eigenvalue weighted by molar-refractivity contribution is 0.0902. The van der Waals surface area contributed by atoms with Crippen molar-refractivity contribution in [3.8, 4) is 17.6 Å². The van der Waals surface area contributed by atoms with Crippen molar-refractivity contribution in [2.45, 2.75) is 64.3 Å². The van der Waals surface area contributed by atoms with Crippen molar-refractivity contribution in [2.75, 3.05) is 13.2 Å². The SMILES string of the molecule is CCCOc1ccc(C(=O)NC2(C#N)CCCCC2)cc1OCCC. The van der Waals surface area contributed by atoms with Crippen LogP contribution in [0.15, 0.2) is 18.2 Å². The molecular formula is C20H28N2O3. The van der Waals surface area contributed by atoms with E-state index < -0.39 is 5.54 Å². The Balaban J connectivity index is 2.16. The Morgan fingerprint density at radius 3 is 2.36 bits per heavy atom. The van der Waals surface area contributed by atoms with Crippen LogP contribution in [0.2, 0.25) is 0 Å². The van der Waals surface area contributed by atoms with Crippen LogP contribution in [-0.4, -0.2) is 24.7 Å². The fourth-order valence-corrected chi connectivity index (χ4v) is 3.01. The molecule has 5 heteroatoms. The Labute approximate surface area is 150 Å². The summed E-state index contributed by atoms with van der Waals surface area (Å²) in [4.78, 5) is 12.7. The minimum absolute atomic E-state index is 0.230. The topological polar surface area (TPSA) is 71.3 Å². The van der Waals surface area contributed by atoms with Crippen molar-refractivity contribution in [1.29, 1.82) is 5.26 Å². The van der Waals surface area contributed by atoms with Gasteiger partial charge < -0.3 is 14.8 Å². The van der Waals surface area contributed by atoms with E-state index in [1.807, 2.05) is 13.8 Å². The summed E-state index contributed by atoms with van der Waals surface area (Å²) in [6.07, 6.45) is 6.28. The molecule has 0 heterocycles. The van der Waals surface area contributed by atoms with E-state index >= 15 is 0 Å². The van der Waals surface area contributed by atoms with Gasteiger partial charge >= 0.3 is 0 Å². The number of benzene rings is 1. The van der Waals surface area contributed by atoms with Gasteiger partial charge in [-0.3, -0.25) is 4.79 Å². The average molecular weight is 344 g/mol. The van der Waals surface area contributed by atoms with Crippen LogP contribution in [0, 0.1) is 11.3 Å². The van der Waals surface area contributed by atoms with Gasteiger partial charge in [0.15, 0.2) is 11.5 Å². The molecule has 0 bridgehead atoms. The van der Waals surface area contributed by atoms with E-state index in [1.54, 1.807) is 18.2 Å². The Morgan fingerprint density at radius 2 is 1.76 bits per heavy atom. The number of hydrogen-bond donors (Lipinski definition) is 1. The van der Waals surface area contributed by atoms with Gasteiger partial charge in [0, 0.05) is 5.56 Å². The van der Waals surface area contributed by atoms with Crippen LogP contribution in [0.1, 0.15) is 69.2 Å². The summed E-state index contributed by atoms with van der Waals surface area (Å²) in [5.41, 5.74) is -0.243. The van der Waals surface area contributed by atoms with Crippen LogP contribution in [0.3, 0.4) is 0 Å². The van der Waals surface area contributed by atoms with E-state index in [2.05, 4.69) is 11.4 Å². The number of carbonyl (C=O) groups excluding carboxylic acids is 1. The molecule has 1 aromatic rings. The predicted octanol–water partition coefficient (Wildman–Crippen LogP) is 4.22. The highest BCUT2D eigenvalue weighted by Crippen LogP contribution is 2.31. The fourth-order valence-electron chi connectivity index (χ4n) is 3.01. The van der Waals surface area contributed by atoms with E-state index in [0.29, 0.717) is 43.1 Å². The molecule has 0 atom stereocenters. The van der Waals surface area contributed by atoms with E-state index in [4.69, 9.17) is 9.47 Å². The molecule has 1 saturated carbocycles. The summed E-state index contributed by atoms with van der Waals surface area (Å²) in [5, 5.41) is 12.5. The van der Waals surface area contributed by atoms with Crippen molar-refractivity contribution < 1.29 is 14.3 Å². The standard InChI is InChI=1S/C20H28N2O3/c1-3-12-24-17-9-8-16(14-18(17)25-13-4-2)19(23)22-20(15-21)10-6-5-7-11-20/h8-9,14H,3-7,10-13H2,1-2H3,(H,22,23). The van der Waals surface area contributed by atoms with E-state index in [0.717, 1.165) is 32.1 Å². The summed E-state index contributed by atoms with van der Waals surface area (Å²) >= 11 is 0. The summed E-state index contributed by atoms with van der Waals surface area (Å²) in [7, 11) is 0. The van der Waals surface area contributed by atoms with Gasteiger partial charge in [0.2, 0.25) is 0 Å². The van der Waals surface area contributed by atoms with Crippen LogP contribution in [0.4, 0.5) is 0 Å². The number of amides is 1. The number of ether oxygens (including phenoxy) is 2. The lowest BCUT2D eigenvalue weighted by atomic mass is 9.82. The highest BCUT2D eigenvalue weighted by Gasteiger charge is 2.34. The first-order valence-corrected chi connectivity index (χ1v) is 9.27. The van der Waals surface area contributed by atoms with Gasteiger partial charge in [-0.25, -0.2) is 0 Å². The highest BCUT2D eigenvalue weighted by molar-refractivity contribution is 5.95. The van der Waals surface area contributed by atoms with Gasteiger partial charge in [0.1, 0.15) is 5.54 Å². The van der Waals surface area contributed by atoms with Crippen molar-refractivity contribution >= 4 is 5.91 Å². The second-order valence-electron chi connectivity index (χ2n) is 6.57. The Morgan fingerprint density at radius 1 is 1.12 bits per heavy atom. The smallest absolute Gasteiger partial charge is 0.252 e. The summed E-state index contributed by atoms with van der Waals surface area (Å²) in [6, 6.07) is 7.53. The average Bonchev–Trinajstić information content (AvgIpc) is 2.65. The molecule has 1 aliphatic rings. The molecule has 0 spiro atoms. The molecule has 0 aromatic heterocycles. The van der Waals surface area contributed by atoms with Crippen LogP contribution < -0.4 is 14.8 Å². The molecule has 136 valence electrons. The monoisotopic (exact) mass is 344 g/mol. The van der Waals surface area contributed by atoms with Crippen molar-refractivity contribution in [2.24, 2.45) is 0 Å². The van der Waals surface area contributed by atoms with Crippen molar-refractivity contribution in [3.63, 3.8) is 0 Å². The molecule has 1 aromatic carbocycles. The Bertz CT molecular complexity index is 616. The minimum Gasteiger partial charge on any atom is -0.490 e. The lowest BCUT2D eigenvalue weighted by Gasteiger charge is -2.31. The maximum atomic E-state index is 12.7. The molecule has 0 radical (unpaired) electrons. The zero-order valence-electron chi connectivity index (χ0n) is 15.3. The van der Waals surface area contributed by atoms with Crippen LogP contribution in [-0.2, 0) is 0 Å².